The van der Waals surface area contributed by atoms with E-state index in [1.54, 1.807) is 6.07 Å². The third-order valence-electron chi connectivity index (χ3n) is 2.70. The average molecular weight is 292 g/mol. The van der Waals surface area contributed by atoms with Crippen molar-refractivity contribution in [3.05, 3.63) is 33.3 Å². The molecule has 0 saturated carbocycles. The van der Waals surface area contributed by atoms with Crippen LogP contribution in [0, 0.1) is 5.92 Å². The Morgan fingerprint density at radius 1 is 1.53 bits per heavy atom. The predicted molar refractivity (Wildman–Crippen MR) is 63.0 cm³/mol. The van der Waals surface area contributed by atoms with Gasteiger partial charge in [0.1, 0.15) is 0 Å². The van der Waals surface area contributed by atoms with Crippen molar-refractivity contribution in [2.75, 3.05) is 13.2 Å². The SMILES string of the molecule is OC(c1ccc(Br)c(Cl)c1)C1CCOC1. The highest BCUT2D eigenvalue weighted by Crippen LogP contribution is 2.32. The van der Waals surface area contributed by atoms with E-state index < -0.39 is 6.10 Å². The second kappa shape index (κ2) is 4.83. The van der Waals surface area contributed by atoms with E-state index in [4.69, 9.17) is 16.3 Å². The first-order chi connectivity index (χ1) is 7.18. The summed E-state index contributed by atoms with van der Waals surface area (Å²) in [7, 11) is 0. The second-order valence-corrected chi connectivity index (χ2v) is 5.00. The lowest BCUT2D eigenvalue weighted by molar-refractivity contribution is 0.0918. The van der Waals surface area contributed by atoms with Crippen LogP contribution >= 0.6 is 27.5 Å². The molecule has 0 amide bonds. The Morgan fingerprint density at radius 3 is 2.93 bits per heavy atom. The maximum absolute atomic E-state index is 10.1. The van der Waals surface area contributed by atoms with Gasteiger partial charge in [-0.1, -0.05) is 17.7 Å². The van der Waals surface area contributed by atoms with Crippen molar-refractivity contribution >= 4 is 27.5 Å². The normalized spacial score (nSPS) is 23.0. The Balaban J connectivity index is 2.17. The molecule has 1 aliphatic heterocycles. The summed E-state index contributed by atoms with van der Waals surface area (Å²) < 4.78 is 6.10. The monoisotopic (exact) mass is 290 g/mol. The van der Waals surface area contributed by atoms with Gasteiger partial charge in [-0.25, -0.2) is 0 Å². The molecule has 0 aliphatic carbocycles. The van der Waals surface area contributed by atoms with Gasteiger partial charge < -0.3 is 9.84 Å². The van der Waals surface area contributed by atoms with Crippen molar-refractivity contribution in [2.24, 2.45) is 5.92 Å². The van der Waals surface area contributed by atoms with Crippen molar-refractivity contribution in [1.29, 1.82) is 0 Å². The maximum Gasteiger partial charge on any atom is 0.0841 e. The quantitative estimate of drug-likeness (QED) is 0.907. The Bertz CT molecular complexity index is 350. The van der Waals surface area contributed by atoms with Crippen LogP contribution in [0.2, 0.25) is 5.02 Å². The van der Waals surface area contributed by atoms with Crippen LogP contribution < -0.4 is 0 Å². The van der Waals surface area contributed by atoms with Gasteiger partial charge in [0.2, 0.25) is 0 Å². The summed E-state index contributed by atoms with van der Waals surface area (Å²) in [4.78, 5) is 0. The molecular formula is C11H12BrClO2. The lowest BCUT2D eigenvalue weighted by atomic mass is 9.95. The molecule has 0 spiro atoms. The molecule has 2 atom stereocenters. The summed E-state index contributed by atoms with van der Waals surface area (Å²) in [6.07, 6.45) is 0.438. The van der Waals surface area contributed by atoms with Gasteiger partial charge in [-0.2, -0.15) is 0 Å². The fourth-order valence-corrected chi connectivity index (χ4v) is 2.21. The Hall–Kier alpha value is -0.0900. The highest BCUT2D eigenvalue weighted by atomic mass is 79.9. The minimum Gasteiger partial charge on any atom is -0.388 e. The van der Waals surface area contributed by atoms with Gasteiger partial charge >= 0.3 is 0 Å². The molecule has 1 saturated heterocycles. The first-order valence-corrected chi connectivity index (χ1v) is 6.06. The zero-order valence-corrected chi connectivity index (χ0v) is 10.5. The summed E-state index contributed by atoms with van der Waals surface area (Å²) in [6, 6.07) is 5.55. The largest absolute Gasteiger partial charge is 0.388 e. The predicted octanol–water partition coefficient (Wildman–Crippen LogP) is 3.17. The summed E-state index contributed by atoms with van der Waals surface area (Å²) >= 11 is 9.30. The molecule has 0 bridgehead atoms. The van der Waals surface area contributed by atoms with E-state index in [2.05, 4.69) is 15.9 Å². The molecule has 1 N–H and O–H groups in total. The van der Waals surface area contributed by atoms with Gasteiger partial charge in [-0.3, -0.25) is 0 Å². The molecule has 0 radical (unpaired) electrons. The second-order valence-electron chi connectivity index (χ2n) is 3.74. The van der Waals surface area contributed by atoms with E-state index in [1.165, 1.54) is 0 Å². The van der Waals surface area contributed by atoms with Crippen molar-refractivity contribution in [1.82, 2.24) is 0 Å². The van der Waals surface area contributed by atoms with Crippen LogP contribution in [0.3, 0.4) is 0 Å². The van der Waals surface area contributed by atoms with E-state index in [0.717, 1.165) is 23.1 Å². The summed E-state index contributed by atoms with van der Waals surface area (Å²) in [5.41, 5.74) is 0.860. The zero-order valence-electron chi connectivity index (χ0n) is 8.12. The highest BCUT2D eigenvalue weighted by molar-refractivity contribution is 9.10. The van der Waals surface area contributed by atoms with E-state index >= 15 is 0 Å². The summed E-state index contributed by atoms with van der Waals surface area (Å²) in [5.74, 6) is 0.197. The Morgan fingerprint density at radius 2 is 2.33 bits per heavy atom. The van der Waals surface area contributed by atoms with Crippen LogP contribution in [-0.4, -0.2) is 18.3 Å². The van der Waals surface area contributed by atoms with Gasteiger partial charge in [-0.05, 0) is 40.0 Å². The molecule has 0 aromatic heterocycles. The van der Waals surface area contributed by atoms with Crippen LogP contribution in [0.4, 0.5) is 0 Å². The first kappa shape index (κ1) is 11.4. The van der Waals surface area contributed by atoms with E-state index in [1.807, 2.05) is 12.1 Å². The van der Waals surface area contributed by atoms with Crippen LogP contribution in [0.5, 0.6) is 0 Å². The third kappa shape index (κ3) is 2.53. The van der Waals surface area contributed by atoms with Gasteiger partial charge in [-0.15, -0.1) is 0 Å². The molecule has 1 aromatic carbocycles. The van der Waals surface area contributed by atoms with E-state index in [9.17, 15) is 5.11 Å². The number of halogens is 2. The lowest BCUT2D eigenvalue weighted by Crippen LogP contribution is -2.12. The molecule has 1 heterocycles. The lowest BCUT2D eigenvalue weighted by Gasteiger charge is -2.17. The van der Waals surface area contributed by atoms with Gasteiger partial charge in [0.25, 0.3) is 0 Å². The van der Waals surface area contributed by atoms with Crippen molar-refractivity contribution in [2.45, 2.75) is 12.5 Å². The van der Waals surface area contributed by atoms with E-state index in [-0.39, 0.29) is 5.92 Å². The fourth-order valence-electron chi connectivity index (χ4n) is 1.77. The molecule has 1 fully saturated rings. The molecule has 1 aromatic rings. The van der Waals surface area contributed by atoms with Crippen LogP contribution in [-0.2, 0) is 4.74 Å². The van der Waals surface area contributed by atoms with Crippen molar-refractivity contribution < 1.29 is 9.84 Å². The summed E-state index contributed by atoms with van der Waals surface area (Å²) in [6.45, 7) is 1.38. The molecule has 15 heavy (non-hydrogen) atoms. The topological polar surface area (TPSA) is 29.5 Å². The van der Waals surface area contributed by atoms with Crippen LogP contribution in [0.15, 0.2) is 22.7 Å². The van der Waals surface area contributed by atoms with Gasteiger partial charge in [0, 0.05) is 17.0 Å². The smallest absolute Gasteiger partial charge is 0.0841 e. The maximum atomic E-state index is 10.1. The van der Waals surface area contributed by atoms with E-state index in [0.29, 0.717) is 11.6 Å². The van der Waals surface area contributed by atoms with Crippen LogP contribution in [0.1, 0.15) is 18.1 Å². The van der Waals surface area contributed by atoms with Crippen LogP contribution in [0.25, 0.3) is 0 Å². The summed E-state index contributed by atoms with van der Waals surface area (Å²) in [5, 5.41) is 10.7. The molecule has 2 nitrogen and oxygen atoms in total. The number of aliphatic hydroxyl groups excluding tert-OH is 1. The molecule has 4 heteroatoms. The molecule has 2 rings (SSSR count). The number of rotatable bonds is 2. The minimum atomic E-state index is -0.474. The van der Waals surface area contributed by atoms with Gasteiger partial charge in [0.05, 0.1) is 17.7 Å². The average Bonchev–Trinajstić information content (AvgIpc) is 2.74. The number of ether oxygens (including phenoxy) is 1. The zero-order chi connectivity index (χ0) is 10.8. The number of benzene rings is 1. The fraction of sp³-hybridized carbons (Fsp3) is 0.455. The first-order valence-electron chi connectivity index (χ1n) is 4.89. The van der Waals surface area contributed by atoms with Crippen molar-refractivity contribution in [3.63, 3.8) is 0 Å². The molecule has 82 valence electrons. The third-order valence-corrected chi connectivity index (χ3v) is 3.93. The Kier molecular flexibility index (Phi) is 3.67. The number of hydrogen-bond donors (Lipinski definition) is 1. The number of hydrogen-bond acceptors (Lipinski definition) is 2. The van der Waals surface area contributed by atoms with Crippen molar-refractivity contribution in [3.8, 4) is 0 Å². The standard InChI is InChI=1S/C11H12BrClO2/c12-9-2-1-7(5-10(9)13)11(14)8-3-4-15-6-8/h1-2,5,8,11,14H,3-4,6H2. The highest BCUT2D eigenvalue weighted by Gasteiger charge is 2.25. The number of aliphatic hydroxyl groups is 1. The Labute approximate surface area is 102 Å². The van der Waals surface area contributed by atoms with Gasteiger partial charge in [0.15, 0.2) is 0 Å². The molecule has 2 unspecified atom stereocenters. The molecular weight excluding hydrogens is 279 g/mol. The minimum absolute atomic E-state index is 0.197. The molecule has 1 aliphatic rings.